The van der Waals surface area contributed by atoms with Gasteiger partial charge in [-0.25, -0.2) is 4.79 Å². The molecule has 1 saturated heterocycles. The molecule has 0 bridgehead atoms. The lowest BCUT2D eigenvalue weighted by Gasteiger charge is -2.10. The van der Waals surface area contributed by atoms with Gasteiger partial charge in [-0.1, -0.05) is 35.9 Å². The maximum absolute atomic E-state index is 11.5. The van der Waals surface area contributed by atoms with Gasteiger partial charge in [0.15, 0.2) is 0 Å². The second-order valence-corrected chi connectivity index (χ2v) is 6.30. The molecule has 3 amide bonds. The van der Waals surface area contributed by atoms with Crippen LogP contribution in [0, 0.1) is 0 Å². The van der Waals surface area contributed by atoms with E-state index in [1.54, 1.807) is 24.3 Å². The van der Waals surface area contributed by atoms with E-state index in [0.29, 0.717) is 17.4 Å². The number of carbonyl (C=O) groups excluding carboxylic acids is 2. The number of hydrogen-bond acceptors (Lipinski definition) is 3. The molecule has 0 aromatic heterocycles. The average Bonchev–Trinajstić information content (AvgIpc) is 2.85. The molecule has 1 aliphatic rings. The van der Waals surface area contributed by atoms with Crippen molar-refractivity contribution in [2.75, 3.05) is 0 Å². The first kappa shape index (κ1) is 16.5. The number of hydrogen-bond donors (Lipinski definition) is 2. The Morgan fingerprint density at radius 1 is 1.12 bits per heavy atom. The van der Waals surface area contributed by atoms with Gasteiger partial charge in [-0.05, 0) is 45.8 Å². The lowest BCUT2D eigenvalue weighted by atomic mass is 10.2. The van der Waals surface area contributed by atoms with Crippen molar-refractivity contribution in [1.29, 1.82) is 0 Å². The van der Waals surface area contributed by atoms with Crippen LogP contribution in [0.2, 0.25) is 5.02 Å². The summed E-state index contributed by atoms with van der Waals surface area (Å²) in [6, 6.07) is 12.3. The lowest BCUT2D eigenvalue weighted by Crippen LogP contribution is -2.22. The van der Waals surface area contributed by atoms with Crippen LogP contribution in [0.5, 0.6) is 5.75 Å². The number of imide groups is 1. The van der Waals surface area contributed by atoms with Crippen molar-refractivity contribution in [1.82, 2.24) is 10.6 Å². The van der Waals surface area contributed by atoms with Gasteiger partial charge in [0.1, 0.15) is 18.1 Å². The molecule has 0 atom stereocenters. The molecule has 1 aliphatic heterocycles. The molecule has 0 spiro atoms. The number of amides is 3. The second-order valence-electron chi connectivity index (χ2n) is 5.04. The summed E-state index contributed by atoms with van der Waals surface area (Å²) in [5.74, 6) is 0.201. The largest absolute Gasteiger partial charge is 0.488 e. The van der Waals surface area contributed by atoms with E-state index in [-0.39, 0.29) is 5.70 Å². The number of benzene rings is 2. The van der Waals surface area contributed by atoms with Gasteiger partial charge in [-0.2, -0.15) is 0 Å². The highest BCUT2D eigenvalue weighted by Gasteiger charge is 2.22. The minimum Gasteiger partial charge on any atom is -0.488 e. The zero-order chi connectivity index (χ0) is 17.1. The Hall–Kier alpha value is -2.31. The molecule has 0 aliphatic carbocycles. The summed E-state index contributed by atoms with van der Waals surface area (Å²) in [5.41, 5.74) is 1.85. The number of nitrogens with one attached hydrogen (secondary N) is 2. The van der Waals surface area contributed by atoms with Crippen LogP contribution in [-0.4, -0.2) is 11.9 Å². The van der Waals surface area contributed by atoms with Crippen molar-refractivity contribution in [2.45, 2.75) is 6.61 Å². The number of rotatable bonds is 4. The van der Waals surface area contributed by atoms with E-state index in [1.165, 1.54) is 0 Å². The Morgan fingerprint density at radius 2 is 1.92 bits per heavy atom. The van der Waals surface area contributed by atoms with Crippen LogP contribution in [0.3, 0.4) is 0 Å². The predicted molar refractivity (Wildman–Crippen MR) is 94.6 cm³/mol. The first-order valence-electron chi connectivity index (χ1n) is 7.03. The highest BCUT2D eigenvalue weighted by molar-refractivity contribution is 9.10. The molecular weight excluding hydrogens is 396 g/mol. The molecule has 2 N–H and O–H groups in total. The Kier molecular flexibility index (Phi) is 4.87. The standard InChI is InChI=1S/C17H12BrClN2O3/c18-12-7-10(8-14-16(22)21-17(23)20-14)5-6-15(12)24-9-11-3-1-2-4-13(11)19/h1-8H,9H2,(H2,20,21,22,23)/b14-8+. The summed E-state index contributed by atoms with van der Waals surface area (Å²) in [6.07, 6.45) is 1.59. The zero-order valence-corrected chi connectivity index (χ0v) is 14.6. The highest BCUT2D eigenvalue weighted by atomic mass is 79.9. The molecule has 1 heterocycles. The molecule has 7 heteroatoms. The van der Waals surface area contributed by atoms with Crippen LogP contribution >= 0.6 is 27.5 Å². The normalized spacial score (nSPS) is 15.3. The Labute approximate surface area is 151 Å². The van der Waals surface area contributed by atoms with E-state index in [0.717, 1.165) is 15.6 Å². The quantitative estimate of drug-likeness (QED) is 0.597. The fourth-order valence-electron chi connectivity index (χ4n) is 2.14. The summed E-state index contributed by atoms with van der Waals surface area (Å²) in [4.78, 5) is 22.6. The minimum atomic E-state index is -0.523. The van der Waals surface area contributed by atoms with Crippen molar-refractivity contribution in [2.24, 2.45) is 0 Å². The first-order chi connectivity index (χ1) is 11.5. The average molecular weight is 408 g/mol. The molecule has 2 aromatic carbocycles. The van der Waals surface area contributed by atoms with Crippen LogP contribution in [0.1, 0.15) is 11.1 Å². The van der Waals surface area contributed by atoms with E-state index in [9.17, 15) is 9.59 Å². The summed E-state index contributed by atoms with van der Waals surface area (Å²) < 4.78 is 6.50. The third kappa shape index (κ3) is 3.77. The zero-order valence-electron chi connectivity index (χ0n) is 12.3. The summed E-state index contributed by atoms with van der Waals surface area (Å²) >= 11 is 9.54. The SMILES string of the molecule is O=C1NC(=O)/C(=C\c2ccc(OCc3ccccc3Cl)c(Br)c2)N1. The highest BCUT2D eigenvalue weighted by Crippen LogP contribution is 2.28. The van der Waals surface area contributed by atoms with E-state index < -0.39 is 11.9 Å². The van der Waals surface area contributed by atoms with Gasteiger partial charge in [0.05, 0.1) is 4.47 Å². The number of ether oxygens (including phenoxy) is 1. The smallest absolute Gasteiger partial charge is 0.326 e. The minimum absolute atomic E-state index is 0.205. The van der Waals surface area contributed by atoms with Gasteiger partial charge in [0, 0.05) is 10.6 Å². The van der Waals surface area contributed by atoms with Crippen LogP contribution in [0.25, 0.3) is 6.08 Å². The molecule has 2 aromatic rings. The molecule has 122 valence electrons. The number of carbonyl (C=O) groups is 2. The van der Waals surface area contributed by atoms with Gasteiger partial charge >= 0.3 is 6.03 Å². The van der Waals surface area contributed by atoms with Crippen molar-refractivity contribution in [3.05, 3.63) is 68.8 Å². The van der Waals surface area contributed by atoms with Gasteiger partial charge in [0.25, 0.3) is 5.91 Å². The second kappa shape index (κ2) is 7.07. The molecule has 0 saturated carbocycles. The van der Waals surface area contributed by atoms with E-state index in [1.807, 2.05) is 24.3 Å². The van der Waals surface area contributed by atoms with Crippen LogP contribution < -0.4 is 15.4 Å². The Morgan fingerprint density at radius 3 is 2.58 bits per heavy atom. The summed E-state index contributed by atoms with van der Waals surface area (Å²) in [7, 11) is 0. The molecule has 1 fully saturated rings. The number of urea groups is 1. The fourth-order valence-corrected chi connectivity index (χ4v) is 2.85. The fraction of sp³-hybridized carbons (Fsp3) is 0.0588. The maximum atomic E-state index is 11.5. The van der Waals surface area contributed by atoms with Crippen LogP contribution in [0.4, 0.5) is 4.79 Å². The molecule has 0 unspecified atom stereocenters. The predicted octanol–water partition coefficient (Wildman–Crippen LogP) is 3.86. The summed E-state index contributed by atoms with van der Waals surface area (Å²) in [6.45, 7) is 0.344. The number of halogens is 2. The maximum Gasteiger partial charge on any atom is 0.326 e. The lowest BCUT2D eigenvalue weighted by molar-refractivity contribution is -0.115. The molecule has 0 radical (unpaired) electrons. The molecule has 24 heavy (non-hydrogen) atoms. The third-order valence-corrected chi connectivity index (χ3v) is 4.32. The summed E-state index contributed by atoms with van der Waals surface area (Å²) in [5, 5.41) is 5.24. The van der Waals surface area contributed by atoms with E-state index in [4.69, 9.17) is 16.3 Å². The van der Waals surface area contributed by atoms with Crippen molar-refractivity contribution in [3.8, 4) is 5.75 Å². The van der Waals surface area contributed by atoms with Crippen LogP contribution in [0.15, 0.2) is 52.6 Å². The van der Waals surface area contributed by atoms with Gasteiger partial charge in [0.2, 0.25) is 0 Å². The first-order valence-corrected chi connectivity index (χ1v) is 8.20. The molecule has 3 rings (SSSR count). The van der Waals surface area contributed by atoms with Crippen molar-refractivity contribution in [3.63, 3.8) is 0 Å². The van der Waals surface area contributed by atoms with E-state index >= 15 is 0 Å². The third-order valence-electron chi connectivity index (χ3n) is 3.33. The monoisotopic (exact) mass is 406 g/mol. The van der Waals surface area contributed by atoms with Gasteiger partial charge < -0.3 is 10.1 Å². The molecule has 5 nitrogen and oxygen atoms in total. The Bertz CT molecular complexity index is 851. The van der Waals surface area contributed by atoms with Gasteiger partial charge in [-0.3, -0.25) is 10.1 Å². The topological polar surface area (TPSA) is 67.4 Å². The van der Waals surface area contributed by atoms with Gasteiger partial charge in [-0.15, -0.1) is 0 Å². The Balaban J connectivity index is 1.73. The van der Waals surface area contributed by atoms with Crippen molar-refractivity contribution >= 4 is 45.5 Å². The molecular formula is C17H12BrClN2O3. The van der Waals surface area contributed by atoms with Crippen LogP contribution in [-0.2, 0) is 11.4 Å². The van der Waals surface area contributed by atoms with E-state index in [2.05, 4.69) is 26.6 Å². The van der Waals surface area contributed by atoms with Crippen molar-refractivity contribution < 1.29 is 14.3 Å².